The first-order chi connectivity index (χ1) is 4.70. The molecular weight excluding hydrogens is 126 g/mol. The summed E-state index contributed by atoms with van der Waals surface area (Å²) in [7, 11) is 0. The van der Waals surface area contributed by atoms with E-state index in [9.17, 15) is 0 Å². The van der Waals surface area contributed by atoms with Crippen LogP contribution < -0.4 is 11.5 Å². The third-order valence-corrected chi connectivity index (χ3v) is 1.16. The number of hydrogen-bond donors (Lipinski definition) is 2. The van der Waals surface area contributed by atoms with Crippen LogP contribution in [0.25, 0.3) is 0 Å². The normalized spacial score (nSPS) is 11.6. The Morgan fingerprint density at radius 1 is 1.70 bits per heavy atom. The maximum absolute atomic E-state index is 5.16. The van der Waals surface area contributed by atoms with Gasteiger partial charge < -0.3 is 11.5 Å². The summed E-state index contributed by atoms with van der Waals surface area (Å²) >= 11 is 0. The third-order valence-electron chi connectivity index (χ3n) is 1.16. The lowest BCUT2D eigenvalue weighted by Crippen LogP contribution is -2.25. The number of guanidine groups is 1. The van der Waals surface area contributed by atoms with Crippen LogP contribution in [0.2, 0.25) is 0 Å². The molecule has 0 radical (unpaired) electrons. The minimum atomic E-state index is 0.0926. The van der Waals surface area contributed by atoms with Gasteiger partial charge in [0.15, 0.2) is 5.96 Å². The van der Waals surface area contributed by atoms with E-state index in [1.54, 1.807) is 0 Å². The van der Waals surface area contributed by atoms with E-state index in [-0.39, 0.29) is 12.0 Å². The van der Waals surface area contributed by atoms with Gasteiger partial charge in [0, 0.05) is 6.42 Å². The van der Waals surface area contributed by atoms with Crippen LogP contribution in [-0.4, -0.2) is 12.0 Å². The zero-order chi connectivity index (χ0) is 7.98. The van der Waals surface area contributed by atoms with E-state index in [2.05, 4.69) is 10.9 Å². The topological polar surface area (TPSA) is 64.4 Å². The molecule has 0 aromatic carbocycles. The predicted molar refractivity (Wildman–Crippen MR) is 43.3 cm³/mol. The fraction of sp³-hybridized carbons (Fsp3) is 0.571. The number of aliphatic imine (C=N–C) groups is 1. The summed E-state index contributed by atoms with van der Waals surface area (Å²) < 4.78 is 0. The standard InChI is InChI=1S/C7H13N3/c1-3-5-6(4-2)10-7(8)9/h1,6H,4-5H2,2H3,(H4,8,9,10). The van der Waals surface area contributed by atoms with Gasteiger partial charge in [-0.15, -0.1) is 12.3 Å². The molecule has 0 saturated carbocycles. The summed E-state index contributed by atoms with van der Waals surface area (Å²) in [5, 5.41) is 0. The Morgan fingerprint density at radius 3 is 2.60 bits per heavy atom. The van der Waals surface area contributed by atoms with Crippen molar-refractivity contribution in [2.75, 3.05) is 0 Å². The van der Waals surface area contributed by atoms with Gasteiger partial charge in [0.2, 0.25) is 0 Å². The lowest BCUT2D eigenvalue weighted by Gasteiger charge is -2.04. The molecule has 0 heterocycles. The zero-order valence-corrected chi connectivity index (χ0v) is 6.17. The molecule has 0 saturated heterocycles. The first-order valence-electron chi connectivity index (χ1n) is 3.22. The smallest absolute Gasteiger partial charge is 0.186 e. The predicted octanol–water partition coefficient (Wildman–Crippen LogP) is 0.0617. The SMILES string of the molecule is C#CCC(CC)N=C(N)N. The number of nitrogens with two attached hydrogens (primary N) is 2. The quantitative estimate of drug-likeness (QED) is 0.330. The van der Waals surface area contributed by atoms with E-state index >= 15 is 0 Å². The number of rotatable bonds is 3. The second-order valence-electron chi connectivity index (χ2n) is 2.02. The molecule has 0 bridgehead atoms. The van der Waals surface area contributed by atoms with Gasteiger partial charge in [-0.3, -0.25) is 0 Å². The van der Waals surface area contributed by atoms with Gasteiger partial charge in [-0.05, 0) is 6.42 Å². The molecular formula is C7H13N3. The van der Waals surface area contributed by atoms with Crippen LogP contribution in [0.5, 0.6) is 0 Å². The van der Waals surface area contributed by atoms with Crippen molar-refractivity contribution in [2.45, 2.75) is 25.8 Å². The average Bonchev–Trinajstić information content (AvgIpc) is 1.86. The Hall–Kier alpha value is -1.17. The van der Waals surface area contributed by atoms with E-state index < -0.39 is 0 Å². The highest BCUT2D eigenvalue weighted by molar-refractivity contribution is 5.75. The van der Waals surface area contributed by atoms with Gasteiger partial charge in [0.05, 0.1) is 6.04 Å². The highest BCUT2D eigenvalue weighted by Gasteiger charge is 1.99. The summed E-state index contributed by atoms with van der Waals surface area (Å²) in [6, 6.07) is 0.0926. The highest BCUT2D eigenvalue weighted by atomic mass is 15.0. The van der Waals surface area contributed by atoms with Crippen LogP contribution in [0.15, 0.2) is 4.99 Å². The molecule has 0 spiro atoms. The average molecular weight is 139 g/mol. The molecule has 0 aliphatic carbocycles. The lowest BCUT2D eigenvalue weighted by atomic mass is 10.2. The molecule has 0 amide bonds. The second kappa shape index (κ2) is 4.68. The summed E-state index contributed by atoms with van der Waals surface area (Å²) in [6.07, 6.45) is 6.56. The van der Waals surface area contributed by atoms with Crippen molar-refractivity contribution in [3.63, 3.8) is 0 Å². The number of nitrogens with zero attached hydrogens (tertiary/aromatic N) is 1. The Kier molecular flexibility index (Phi) is 4.14. The van der Waals surface area contributed by atoms with Crippen LogP contribution in [0.4, 0.5) is 0 Å². The van der Waals surface area contributed by atoms with E-state index in [1.807, 2.05) is 6.92 Å². The first kappa shape index (κ1) is 8.83. The van der Waals surface area contributed by atoms with E-state index in [0.29, 0.717) is 6.42 Å². The third kappa shape index (κ3) is 3.79. The van der Waals surface area contributed by atoms with Crippen LogP contribution in [-0.2, 0) is 0 Å². The molecule has 0 fully saturated rings. The van der Waals surface area contributed by atoms with Crippen LogP contribution in [0.1, 0.15) is 19.8 Å². The second-order valence-corrected chi connectivity index (χ2v) is 2.02. The summed E-state index contributed by atoms with van der Waals surface area (Å²) in [5.41, 5.74) is 10.3. The Balaban J connectivity index is 3.85. The fourth-order valence-corrected chi connectivity index (χ4v) is 0.628. The maximum Gasteiger partial charge on any atom is 0.186 e. The molecule has 10 heavy (non-hydrogen) atoms. The van der Waals surface area contributed by atoms with E-state index in [1.165, 1.54) is 0 Å². The molecule has 3 heteroatoms. The summed E-state index contributed by atoms with van der Waals surface area (Å²) in [4.78, 5) is 3.91. The van der Waals surface area contributed by atoms with Crippen molar-refractivity contribution < 1.29 is 0 Å². The van der Waals surface area contributed by atoms with Crippen molar-refractivity contribution in [2.24, 2.45) is 16.5 Å². The van der Waals surface area contributed by atoms with Crippen molar-refractivity contribution in [1.82, 2.24) is 0 Å². The molecule has 0 aromatic heterocycles. The van der Waals surface area contributed by atoms with Crippen molar-refractivity contribution >= 4 is 5.96 Å². The molecule has 56 valence electrons. The minimum absolute atomic E-state index is 0.0926. The van der Waals surface area contributed by atoms with Crippen LogP contribution >= 0.6 is 0 Å². The van der Waals surface area contributed by atoms with Crippen molar-refractivity contribution in [3.8, 4) is 12.3 Å². The summed E-state index contributed by atoms with van der Waals surface area (Å²) in [6.45, 7) is 1.99. The molecule has 0 rings (SSSR count). The van der Waals surface area contributed by atoms with Gasteiger partial charge in [0.1, 0.15) is 0 Å². The molecule has 3 nitrogen and oxygen atoms in total. The van der Waals surface area contributed by atoms with Gasteiger partial charge in [-0.2, -0.15) is 0 Å². The Morgan fingerprint density at radius 2 is 2.30 bits per heavy atom. The largest absolute Gasteiger partial charge is 0.370 e. The molecule has 1 atom stereocenters. The number of terminal acetylenes is 1. The molecule has 0 aliphatic rings. The molecule has 1 unspecified atom stereocenters. The monoisotopic (exact) mass is 139 g/mol. The molecule has 0 aliphatic heterocycles. The fourth-order valence-electron chi connectivity index (χ4n) is 0.628. The van der Waals surface area contributed by atoms with Gasteiger partial charge >= 0.3 is 0 Å². The van der Waals surface area contributed by atoms with Gasteiger partial charge in [-0.25, -0.2) is 4.99 Å². The minimum Gasteiger partial charge on any atom is -0.370 e. The van der Waals surface area contributed by atoms with Crippen LogP contribution in [0, 0.1) is 12.3 Å². The van der Waals surface area contributed by atoms with Crippen molar-refractivity contribution in [1.29, 1.82) is 0 Å². The Labute approximate surface area is 61.5 Å². The van der Waals surface area contributed by atoms with Gasteiger partial charge in [0.25, 0.3) is 0 Å². The maximum atomic E-state index is 5.16. The first-order valence-corrected chi connectivity index (χ1v) is 3.22. The number of hydrogen-bond acceptors (Lipinski definition) is 1. The van der Waals surface area contributed by atoms with Crippen LogP contribution in [0.3, 0.4) is 0 Å². The highest BCUT2D eigenvalue weighted by Crippen LogP contribution is 2.00. The molecule has 4 N–H and O–H groups in total. The Bertz CT molecular complexity index is 151. The van der Waals surface area contributed by atoms with Crippen molar-refractivity contribution in [3.05, 3.63) is 0 Å². The summed E-state index contributed by atoms with van der Waals surface area (Å²) in [5.74, 6) is 2.62. The van der Waals surface area contributed by atoms with E-state index in [4.69, 9.17) is 17.9 Å². The molecule has 0 aromatic rings. The lowest BCUT2D eigenvalue weighted by molar-refractivity contribution is 0.670. The van der Waals surface area contributed by atoms with E-state index in [0.717, 1.165) is 6.42 Å². The zero-order valence-electron chi connectivity index (χ0n) is 6.17. The van der Waals surface area contributed by atoms with Gasteiger partial charge in [-0.1, -0.05) is 6.92 Å².